The predicted octanol–water partition coefficient (Wildman–Crippen LogP) is 4.13. The number of amides is 1. The lowest BCUT2D eigenvalue weighted by atomic mass is 9.93. The summed E-state index contributed by atoms with van der Waals surface area (Å²) >= 11 is 0. The number of aliphatic imine (C=N–C) groups is 1. The molecule has 0 bridgehead atoms. The van der Waals surface area contributed by atoms with Crippen molar-refractivity contribution in [1.29, 1.82) is 0 Å². The third-order valence-electron chi connectivity index (χ3n) is 5.38. The first-order valence-corrected chi connectivity index (χ1v) is 8.99. The molecular weight excluding hydrogens is 338 g/mol. The lowest BCUT2D eigenvalue weighted by Gasteiger charge is -2.29. The van der Waals surface area contributed by atoms with E-state index in [1.165, 1.54) is 0 Å². The molecule has 27 heavy (non-hydrogen) atoms. The van der Waals surface area contributed by atoms with Gasteiger partial charge < -0.3 is 14.9 Å². The molecule has 0 aliphatic carbocycles. The number of nitrogens with zero attached hydrogens (tertiary/aromatic N) is 3. The molecule has 5 heteroatoms. The number of hydrogen-bond donors (Lipinski definition) is 1. The molecule has 1 atom stereocenters. The molecule has 2 aromatic carbocycles. The molecule has 138 valence electrons. The molecule has 1 unspecified atom stereocenters. The molecular formula is C22H23N3O2. The van der Waals surface area contributed by atoms with Gasteiger partial charge in [0.05, 0.1) is 16.8 Å². The number of anilines is 1. The van der Waals surface area contributed by atoms with E-state index in [0.29, 0.717) is 23.2 Å². The zero-order chi connectivity index (χ0) is 19.3. The first-order chi connectivity index (χ1) is 12.8. The maximum absolute atomic E-state index is 13.2. The number of fused-ring (bicyclic) bond motifs is 2. The Labute approximate surface area is 159 Å². The summed E-state index contributed by atoms with van der Waals surface area (Å²) in [4.78, 5) is 21.6. The summed E-state index contributed by atoms with van der Waals surface area (Å²) in [6.45, 7) is 3.80. The number of aromatic hydroxyl groups is 1. The van der Waals surface area contributed by atoms with Crippen molar-refractivity contribution in [1.82, 2.24) is 4.90 Å². The highest BCUT2D eigenvalue weighted by molar-refractivity contribution is 6.06. The highest BCUT2D eigenvalue weighted by Gasteiger charge is 2.41. The Bertz CT molecular complexity index is 989. The van der Waals surface area contributed by atoms with Crippen LogP contribution >= 0.6 is 0 Å². The van der Waals surface area contributed by atoms with Crippen LogP contribution in [-0.2, 0) is 0 Å². The molecule has 0 radical (unpaired) electrons. The van der Waals surface area contributed by atoms with Crippen LogP contribution in [0.2, 0.25) is 0 Å². The number of aryl methyl sites for hydroxylation is 1. The van der Waals surface area contributed by atoms with Crippen molar-refractivity contribution >= 4 is 29.1 Å². The molecule has 0 aromatic heterocycles. The Hall–Kier alpha value is -3.08. The van der Waals surface area contributed by atoms with Gasteiger partial charge in [0, 0.05) is 44.7 Å². The first kappa shape index (κ1) is 17.3. The third-order valence-corrected chi connectivity index (χ3v) is 5.38. The van der Waals surface area contributed by atoms with E-state index in [4.69, 9.17) is 0 Å². The van der Waals surface area contributed by atoms with Gasteiger partial charge in [0.2, 0.25) is 0 Å². The number of benzene rings is 2. The van der Waals surface area contributed by atoms with Gasteiger partial charge in [0.1, 0.15) is 5.75 Å². The summed E-state index contributed by atoms with van der Waals surface area (Å²) < 4.78 is 0. The number of phenols is 1. The van der Waals surface area contributed by atoms with Crippen LogP contribution in [0.1, 0.15) is 34.8 Å². The monoisotopic (exact) mass is 361 g/mol. The molecule has 2 aliphatic heterocycles. The Morgan fingerprint density at radius 3 is 2.56 bits per heavy atom. The van der Waals surface area contributed by atoms with Crippen LogP contribution in [0.15, 0.2) is 47.6 Å². The van der Waals surface area contributed by atoms with E-state index in [1.54, 1.807) is 24.0 Å². The Morgan fingerprint density at radius 2 is 1.89 bits per heavy atom. The molecule has 5 nitrogen and oxygen atoms in total. The second kappa shape index (κ2) is 5.98. The molecule has 0 saturated carbocycles. The molecule has 0 spiro atoms. The number of phenolic OH excluding ortho intramolecular Hbond substituents is 1. The van der Waals surface area contributed by atoms with E-state index < -0.39 is 5.54 Å². The fourth-order valence-electron chi connectivity index (χ4n) is 3.67. The van der Waals surface area contributed by atoms with Crippen molar-refractivity contribution in [2.45, 2.75) is 25.8 Å². The topological polar surface area (TPSA) is 56.1 Å². The highest BCUT2D eigenvalue weighted by Crippen LogP contribution is 2.41. The fraction of sp³-hybridized carbons (Fsp3) is 0.273. The quantitative estimate of drug-likeness (QED) is 0.875. The Morgan fingerprint density at radius 1 is 1.19 bits per heavy atom. The summed E-state index contributed by atoms with van der Waals surface area (Å²) in [7, 11) is 4.03. The van der Waals surface area contributed by atoms with Gasteiger partial charge in [-0.3, -0.25) is 9.79 Å². The second-order valence-corrected chi connectivity index (χ2v) is 7.72. The molecule has 1 amide bonds. The molecule has 2 heterocycles. The maximum atomic E-state index is 13.2. The van der Waals surface area contributed by atoms with Crippen molar-refractivity contribution in [2.24, 2.45) is 4.99 Å². The van der Waals surface area contributed by atoms with Gasteiger partial charge in [-0.15, -0.1) is 0 Å². The second-order valence-electron chi connectivity index (χ2n) is 7.72. The number of rotatable bonds is 2. The lowest BCUT2D eigenvalue weighted by Crippen LogP contribution is -2.43. The van der Waals surface area contributed by atoms with E-state index >= 15 is 0 Å². The van der Waals surface area contributed by atoms with Gasteiger partial charge in [-0.1, -0.05) is 12.1 Å². The maximum Gasteiger partial charge on any atom is 0.260 e. The van der Waals surface area contributed by atoms with Crippen LogP contribution in [0.4, 0.5) is 11.4 Å². The largest absolute Gasteiger partial charge is 0.508 e. The summed E-state index contributed by atoms with van der Waals surface area (Å²) in [5.74, 6) is 0.0659. The van der Waals surface area contributed by atoms with Crippen molar-refractivity contribution < 1.29 is 9.90 Å². The normalized spacial score (nSPS) is 20.8. The SMILES string of the molecule is Cc1cc2c(cc1O)N=CC1(C)CC(c3ccc(N(C)C)cc3)=CN1C2=O. The molecule has 4 rings (SSSR count). The van der Waals surface area contributed by atoms with Crippen LogP contribution in [0.3, 0.4) is 0 Å². The minimum absolute atomic E-state index is 0.0898. The molecule has 1 N–H and O–H groups in total. The van der Waals surface area contributed by atoms with Gasteiger partial charge in [-0.2, -0.15) is 0 Å². The molecule has 2 aliphatic rings. The van der Waals surface area contributed by atoms with Crippen molar-refractivity contribution in [3.05, 3.63) is 59.3 Å². The average molecular weight is 361 g/mol. The van der Waals surface area contributed by atoms with Crippen LogP contribution in [-0.4, -0.2) is 41.8 Å². The third kappa shape index (κ3) is 2.79. The summed E-state index contributed by atoms with van der Waals surface area (Å²) in [5.41, 5.74) is 4.55. The van der Waals surface area contributed by atoms with Crippen molar-refractivity contribution in [3.63, 3.8) is 0 Å². The van der Waals surface area contributed by atoms with Crippen molar-refractivity contribution in [3.8, 4) is 5.75 Å². The van der Waals surface area contributed by atoms with E-state index in [2.05, 4.69) is 34.2 Å². The molecule has 0 fully saturated rings. The summed E-state index contributed by atoms with van der Waals surface area (Å²) in [5, 5.41) is 9.96. The van der Waals surface area contributed by atoms with Crippen LogP contribution in [0.5, 0.6) is 5.75 Å². The van der Waals surface area contributed by atoms with E-state index in [-0.39, 0.29) is 11.7 Å². The van der Waals surface area contributed by atoms with E-state index in [0.717, 1.165) is 16.8 Å². The first-order valence-electron chi connectivity index (χ1n) is 8.99. The van der Waals surface area contributed by atoms with Gasteiger partial charge in [0.25, 0.3) is 5.91 Å². The van der Waals surface area contributed by atoms with Crippen LogP contribution in [0.25, 0.3) is 5.57 Å². The van der Waals surface area contributed by atoms with E-state index in [1.807, 2.05) is 33.4 Å². The van der Waals surface area contributed by atoms with Gasteiger partial charge in [0.15, 0.2) is 0 Å². The number of hydrogen-bond acceptors (Lipinski definition) is 4. The predicted molar refractivity (Wildman–Crippen MR) is 109 cm³/mol. The van der Waals surface area contributed by atoms with Gasteiger partial charge in [-0.25, -0.2) is 0 Å². The molecule has 2 aromatic rings. The minimum atomic E-state index is -0.519. The highest BCUT2D eigenvalue weighted by atomic mass is 16.3. The van der Waals surface area contributed by atoms with Crippen LogP contribution < -0.4 is 4.90 Å². The number of carbonyl (C=O) groups excluding carboxylic acids is 1. The van der Waals surface area contributed by atoms with Crippen LogP contribution in [0, 0.1) is 6.92 Å². The van der Waals surface area contributed by atoms with E-state index in [9.17, 15) is 9.90 Å². The standard InChI is InChI=1S/C22H23N3O2/c1-14-9-18-19(10-20(14)26)23-13-22(2)11-16(12-25(22)21(18)27)15-5-7-17(8-6-15)24(3)4/h5-10,12-13,26H,11H2,1-4H3. The zero-order valence-electron chi connectivity index (χ0n) is 16.0. The summed E-state index contributed by atoms with van der Waals surface area (Å²) in [6, 6.07) is 11.6. The zero-order valence-corrected chi connectivity index (χ0v) is 16.0. The van der Waals surface area contributed by atoms with Gasteiger partial charge >= 0.3 is 0 Å². The molecule has 0 saturated heterocycles. The lowest BCUT2D eigenvalue weighted by molar-refractivity contribution is 0.0764. The average Bonchev–Trinajstić information content (AvgIpc) is 2.95. The Balaban J connectivity index is 1.74. The Kier molecular flexibility index (Phi) is 3.84. The van der Waals surface area contributed by atoms with Gasteiger partial charge in [-0.05, 0) is 48.7 Å². The summed E-state index contributed by atoms with van der Waals surface area (Å²) in [6.07, 6.45) is 4.46. The smallest absolute Gasteiger partial charge is 0.260 e. The minimum Gasteiger partial charge on any atom is -0.508 e. The number of carbonyl (C=O) groups is 1. The van der Waals surface area contributed by atoms with Crippen molar-refractivity contribution in [2.75, 3.05) is 19.0 Å². The fourth-order valence-corrected chi connectivity index (χ4v) is 3.67.